The Kier molecular flexibility index (Phi) is 6.55. The SMILES string of the molecule is Cc1ccc(CNc2cc(-c3ccncc3)nc(N[C@H](CO)C(C)C)n2)cc1. The second-order valence-electron chi connectivity index (χ2n) is 7.21. The lowest BCUT2D eigenvalue weighted by Crippen LogP contribution is -2.30. The third kappa shape index (κ3) is 5.27. The van der Waals surface area contributed by atoms with Gasteiger partial charge in [0.25, 0.3) is 0 Å². The molecule has 3 N–H and O–H groups in total. The van der Waals surface area contributed by atoms with Crippen LogP contribution in [0.5, 0.6) is 0 Å². The molecule has 2 aromatic heterocycles. The van der Waals surface area contributed by atoms with E-state index in [2.05, 4.69) is 70.6 Å². The molecule has 6 heteroatoms. The first-order valence-corrected chi connectivity index (χ1v) is 9.51. The van der Waals surface area contributed by atoms with Crippen LogP contribution in [0.2, 0.25) is 0 Å². The molecule has 0 saturated carbocycles. The molecular weight excluding hydrogens is 350 g/mol. The van der Waals surface area contributed by atoms with Gasteiger partial charge >= 0.3 is 0 Å². The van der Waals surface area contributed by atoms with E-state index in [9.17, 15) is 5.11 Å². The Morgan fingerprint density at radius 2 is 1.71 bits per heavy atom. The molecule has 0 fully saturated rings. The smallest absolute Gasteiger partial charge is 0.225 e. The molecule has 1 atom stereocenters. The molecular formula is C22H27N5O. The fraction of sp³-hybridized carbons (Fsp3) is 0.318. The third-order valence-corrected chi connectivity index (χ3v) is 4.61. The fourth-order valence-corrected chi connectivity index (χ4v) is 2.76. The molecule has 2 heterocycles. The number of nitrogens with zero attached hydrogens (tertiary/aromatic N) is 3. The van der Waals surface area contributed by atoms with E-state index in [-0.39, 0.29) is 18.6 Å². The first-order chi connectivity index (χ1) is 13.5. The summed E-state index contributed by atoms with van der Waals surface area (Å²) in [4.78, 5) is 13.3. The lowest BCUT2D eigenvalue weighted by atomic mass is 10.1. The number of anilines is 2. The zero-order valence-electron chi connectivity index (χ0n) is 16.6. The second-order valence-corrected chi connectivity index (χ2v) is 7.21. The molecule has 3 rings (SSSR count). The zero-order chi connectivity index (χ0) is 19.9. The number of benzene rings is 1. The average molecular weight is 377 g/mol. The summed E-state index contributed by atoms with van der Waals surface area (Å²) in [6.07, 6.45) is 3.49. The van der Waals surface area contributed by atoms with Gasteiger partial charge < -0.3 is 15.7 Å². The lowest BCUT2D eigenvalue weighted by molar-refractivity contribution is 0.248. The second kappa shape index (κ2) is 9.28. The summed E-state index contributed by atoms with van der Waals surface area (Å²) < 4.78 is 0. The molecule has 0 bridgehead atoms. The maximum Gasteiger partial charge on any atom is 0.225 e. The van der Waals surface area contributed by atoms with E-state index in [1.807, 2.05) is 18.2 Å². The van der Waals surface area contributed by atoms with Gasteiger partial charge in [0.1, 0.15) is 5.82 Å². The summed E-state index contributed by atoms with van der Waals surface area (Å²) in [7, 11) is 0. The number of rotatable bonds is 8. The molecule has 3 aromatic rings. The predicted molar refractivity (Wildman–Crippen MR) is 113 cm³/mol. The highest BCUT2D eigenvalue weighted by molar-refractivity contribution is 5.64. The molecule has 0 unspecified atom stereocenters. The number of aliphatic hydroxyl groups is 1. The first-order valence-electron chi connectivity index (χ1n) is 9.51. The molecule has 146 valence electrons. The van der Waals surface area contributed by atoms with E-state index < -0.39 is 0 Å². The molecule has 1 aromatic carbocycles. The quantitative estimate of drug-likeness (QED) is 0.552. The van der Waals surface area contributed by atoms with Crippen LogP contribution < -0.4 is 10.6 Å². The van der Waals surface area contributed by atoms with Gasteiger partial charge in [0.15, 0.2) is 0 Å². The van der Waals surface area contributed by atoms with E-state index in [1.54, 1.807) is 12.4 Å². The van der Waals surface area contributed by atoms with Crippen LogP contribution in [0.25, 0.3) is 11.3 Å². The summed E-state index contributed by atoms with van der Waals surface area (Å²) in [5, 5.41) is 16.3. The lowest BCUT2D eigenvalue weighted by Gasteiger charge is -2.20. The van der Waals surface area contributed by atoms with Crippen molar-refractivity contribution in [1.29, 1.82) is 0 Å². The Bertz CT molecular complexity index is 881. The van der Waals surface area contributed by atoms with Crippen molar-refractivity contribution in [2.75, 3.05) is 17.2 Å². The van der Waals surface area contributed by atoms with Gasteiger partial charge in [0.2, 0.25) is 5.95 Å². The first kappa shape index (κ1) is 19.8. The monoisotopic (exact) mass is 377 g/mol. The van der Waals surface area contributed by atoms with Crippen LogP contribution >= 0.6 is 0 Å². The van der Waals surface area contributed by atoms with Crippen LogP contribution in [0, 0.1) is 12.8 Å². The number of aromatic nitrogens is 3. The molecule has 0 radical (unpaired) electrons. The summed E-state index contributed by atoms with van der Waals surface area (Å²) in [6.45, 7) is 6.87. The Labute approximate surface area is 166 Å². The van der Waals surface area contributed by atoms with Crippen molar-refractivity contribution in [3.05, 3.63) is 66.0 Å². The summed E-state index contributed by atoms with van der Waals surface area (Å²) in [6, 6.07) is 14.1. The summed E-state index contributed by atoms with van der Waals surface area (Å²) in [5.41, 5.74) is 4.18. The third-order valence-electron chi connectivity index (χ3n) is 4.61. The van der Waals surface area contributed by atoms with Crippen molar-refractivity contribution in [2.45, 2.75) is 33.4 Å². The average Bonchev–Trinajstić information content (AvgIpc) is 2.72. The highest BCUT2D eigenvalue weighted by Crippen LogP contribution is 2.22. The van der Waals surface area contributed by atoms with Gasteiger partial charge in [-0.1, -0.05) is 43.7 Å². The Morgan fingerprint density at radius 3 is 2.36 bits per heavy atom. The van der Waals surface area contributed by atoms with Crippen LogP contribution in [-0.2, 0) is 6.54 Å². The van der Waals surface area contributed by atoms with Crippen LogP contribution in [0.3, 0.4) is 0 Å². The molecule has 0 aliphatic carbocycles. The van der Waals surface area contributed by atoms with Crippen molar-refractivity contribution in [2.24, 2.45) is 5.92 Å². The van der Waals surface area contributed by atoms with Crippen molar-refractivity contribution in [3.63, 3.8) is 0 Å². The van der Waals surface area contributed by atoms with E-state index in [0.29, 0.717) is 12.5 Å². The minimum atomic E-state index is -0.113. The van der Waals surface area contributed by atoms with Gasteiger partial charge in [-0.25, -0.2) is 4.98 Å². The zero-order valence-corrected chi connectivity index (χ0v) is 16.6. The minimum Gasteiger partial charge on any atom is -0.394 e. The Hall–Kier alpha value is -2.99. The van der Waals surface area contributed by atoms with Crippen LogP contribution in [0.15, 0.2) is 54.9 Å². The van der Waals surface area contributed by atoms with E-state index in [1.165, 1.54) is 11.1 Å². The van der Waals surface area contributed by atoms with E-state index in [4.69, 9.17) is 0 Å². The largest absolute Gasteiger partial charge is 0.394 e. The molecule has 0 spiro atoms. The van der Waals surface area contributed by atoms with Crippen molar-refractivity contribution in [3.8, 4) is 11.3 Å². The molecule has 28 heavy (non-hydrogen) atoms. The van der Waals surface area contributed by atoms with Gasteiger partial charge in [0.05, 0.1) is 18.3 Å². The number of nitrogens with one attached hydrogen (secondary N) is 2. The van der Waals surface area contributed by atoms with E-state index in [0.717, 1.165) is 17.1 Å². The van der Waals surface area contributed by atoms with E-state index >= 15 is 0 Å². The number of pyridine rings is 1. The maximum absolute atomic E-state index is 9.65. The number of aliphatic hydroxyl groups excluding tert-OH is 1. The van der Waals surface area contributed by atoms with Gasteiger partial charge in [-0.15, -0.1) is 0 Å². The predicted octanol–water partition coefficient (Wildman–Crippen LogP) is 3.89. The number of aryl methyl sites for hydroxylation is 1. The van der Waals surface area contributed by atoms with Crippen LogP contribution in [0.1, 0.15) is 25.0 Å². The Balaban J connectivity index is 1.87. The van der Waals surface area contributed by atoms with Crippen molar-refractivity contribution in [1.82, 2.24) is 15.0 Å². The molecule has 0 aliphatic heterocycles. The van der Waals surface area contributed by atoms with Gasteiger partial charge in [-0.3, -0.25) is 4.98 Å². The topological polar surface area (TPSA) is 83.0 Å². The molecule has 0 saturated heterocycles. The minimum absolute atomic E-state index is 0.0205. The summed E-state index contributed by atoms with van der Waals surface area (Å²) >= 11 is 0. The molecule has 0 aliphatic rings. The van der Waals surface area contributed by atoms with Gasteiger partial charge in [0, 0.05) is 30.6 Å². The van der Waals surface area contributed by atoms with Crippen molar-refractivity contribution >= 4 is 11.8 Å². The highest BCUT2D eigenvalue weighted by atomic mass is 16.3. The summed E-state index contributed by atoms with van der Waals surface area (Å²) in [5.74, 6) is 1.47. The van der Waals surface area contributed by atoms with Gasteiger partial charge in [-0.05, 0) is 30.5 Å². The Morgan fingerprint density at radius 1 is 1.00 bits per heavy atom. The number of hydrogen-bond donors (Lipinski definition) is 3. The fourth-order valence-electron chi connectivity index (χ4n) is 2.76. The van der Waals surface area contributed by atoms with Crippen LogP contribution in [0.4, 0.5) is 11.8 Å². The van der Waals surface area contributed by atoms with Gasteiger partial charge in [-0.2, -0.15) is 4.98 Å². The van der Waals surface area contributed by atoms with Crippen LogP contribution in [-0.4, -0.2) is 32.7 Å². The molecule has 0 amide bonds. The maximum atomic E-state index is 9.65. The highest BCUT2D eigenvalue weighted by Gasteiger charge is 2.15. The normalized spacial score (nSPS) is 12.0. The standard InChI is InChI=1S/C22H27N5O/c1-15(2)20(14-28)26-22-25-19(18-8-10-23-11-9-18)12-21(27-22)24-13-17-6-4-16(3)5-7-17/h4-12,15,20,28H,13-14H2,1-3H3,(H2,24,25,26,27)/t20-/m1/s1. The molecule has 6 nitrogen and oxygen atoms in total. The number of hydrogen-bond acceptors (Lipinski definition) is 6. The van der Waals surface area contributed by atoms with Crippen molar-refractivity contribution < 1.29 is 5.11 Å².